The first-order valence-electron chi connectivity index (χ1n) is 5.20. The smallest absolute Gasteiger partial charge is 0.271 e. The van der Waals surface area contributed by atoms with E-state index in [9.17, 15) is 4.79 Å². The molecule has 2 aromatic rings. The highest BCUT2D eigenvalue weighted by atomic mass is 16.5. The van der Waals surface area contributed by atoms with Crippen molar-refractivity contribution in [2.24, 2.45) is 7.05 Å². The molecule has 7 heteroatoms. The van der Waals surface area contributed by atoms with Crippen LogP contribution in [0.25, 0.3) is 0 Å². The van der Waals surface area contributed by atoms with Crippen LogP contribution in [0, 0.1) is 6.92 Å². The molecule has 0 bridgehead atoms. The van der Waals surface area contributed by atoms with Gasteiger partial charge in [-0.25, -0.2) is 4.98 Å². The van der Waals surface area contributed by atoms with Crippen LogP contribution in [-0.2, 0) is 13.5 Å². The predicted molar refractivity (Wildman–Crippen MR) is 58.3 cm³/mol. The fourth-order valence-corrected chi connectivity index (χ4v) is 1.35. The Morgan fingerprint density at radius 2 is 2.41 bits per heavy atom. The molecule has 2 aromatic heterocycles. The highest BCUT2D eigenvalue weighted by molar-refractivity contribution is 5.91. The molecule has 1 amide bonds. The maximum Gasteiger partial charge on any atom is 0.271 e. The number of aryl methyl sites for hydroxylation is 2. The normalized spacial score (nSPS) is 10.5. The Labute approximate surface area is 97.8 Å². The Bertz CT molecular complexity index is 516. The molecular weight excluding hydrogens is 222 g/mol. The van der Waals surface area contributed by atoms with Crippen molar-refractivity contribution in [3.05, 3.63) is 29.9 Å². The number of nitrogens with zero attached hydrogens (tertiary/aromatic N) is 4. The Balaban J connectivity index is 1.81. The van der Waals surface area contributed by atoms with Crippen molar-refractivity contribution in [2.75, 3.05) is 6.54 Å². The highest BCUT2D eigenvalue weighted by Gasteiger charge is 2.08. The van der Waals surface area contributed by atoms with E-state index < -0.39 is 0 Å². The molecule has 2 rings (SSSR count). The molecule has 0 atom stereocenters. The minimum absolute atomic E-state index is 0.207. The van der Waals surface area contributed by atoms with Crippen LogP contribution in [0.1, 0.15) is 22.2 Å². The fourth-order valence-electron chi connectivity index (χ4n) is 1.35. The summed E-state index contributed by atoms with van der Waals surface area (Å²) in [7, 11) is 1.81. The van der Waals surface area contributed by atoms with Crippen molar-refractivity contribution in [3.8, 4) is 0 Å². The summed E-state index contributed by atoms with van der Waals surface area (Å²) in [4.78, 5) is 19.6. The molecule has 0 unspecified atom stereocenters. The molecule has 0 fully saturated rings. The monoisotopic (exact) mass is 235 g/mol. The maximum atomic E-state index is 11.6. The Morgan fingerprint density at radius 1 is 1.59 bits per heavy atom. The van der Waals surface area contributed by atoms with Gasteiger partial charge in [-0.15, -0.1) is 0 Å². The van der Waals surface area contributed by atoms with Crippen LogP contribution in [0.5, 0.6) is 0 Å². The van der Waals surface area contributed by atoms with Gasteiger partial charge in [0, 0.05) is 26.2 Å². The van der Waals surface area contributed by atoms with Gasteiger partial charge in [-0.1, -0.05) is 5.16 Å². The lowest BCUT2D eigenvalue weighted by molar-refractivity contribution is 0.0949. The van der Waals surface area contributed by atoms with E-state index in [-0.39, 0.29) is 5.91 Å². The lowest BCUT2D eigenvalue weighted by Gasteiger charge is -1.99. The van der Waals surface area contributed by atoms with Gasteiger partial charge in [-0.05, 0) is 6.92 Å². The first kappa shape index (κ1) is 11.3. The highest BCUT2D eigenvalue weighted by Crippen LogP contribution is 1.97. The molecule has 0 saturated heterocycles. The van der Waals surface area contributed by atoms with E-state index in [1.807, 2.05) is 7.05 Å². The third-order valence-corrected chi connectivity index (χ3v) is 2.13. The van der Waals surface area contributed by atoms with Gasteiger partial charge < -0.3 is 14.4 Å². The summed E-state index contributed by atoms with van der Waals surface area (Å²) in [6.07, 6.45) is 3.75. The van der Waals surface area contributed by atoms with Gasteiger partial charge in [0.2, 0.25) is 5.89 Å². The molecule has 0 aromatic carbocycles. The third-order valence-electron chi connectivity index (χ3n) is 2.13. The second-order valence-electron chi connectivity index (χ2n) is 3.67. The fraction of sp³-hybridized carbons (Fsp3) is 0.400. The average Bonchev–Trinajstić information content (AvgIpc) is 2.88. The maximum absolute atomic E-state index is 11.6. The molecule has 90 valence electrons. The summed E-state index contributed by atoms with van der Waals surface area (Å²) in [6, 6.07) is 0. The van der Waals surface area contributed by atoms with Gasteiger partial charge in [-0.2, -0.15) is 4.98 Å². The van der Waals surface area contributed by atoms with Crippen molar-refractivity contribution >= 4 is 5.91 Å². The number of carbonyl (C=O) groups is 1. The Morgan fingerprint density at radius 3 is 3.00 bits per heavy atom. The summed E-state index contributed by atoms with van der Waals surface area (Å²) in [5, 5.41) is 6.39. The lowest BCUT2D eigenvalue weighted by Crippen LogP contribution is -2.26. The topological polar surface area (TPSA) is 85.8 Å². The first-order valence-corrected chi connectivity index (χ1v) is 5.20. The van der Waals surface area contributed by atoms with E-state index in [0.717, 1.165) is 0 Å². The van der Waals surface area contributed by atoms with Gasteiger partial charge in [0.1, 0.15) is 5.69 Å². The minimum atomic E-state index is -0.207. The third kappa shape index (κ3) is 2.90. The number of imidazole rings is 1. The molecule has 0 aliphatic carbocycles. The Kier molecular flexibility index (Phi) is 3.17. The van der Waals surface area contributed by atoms with Gasteiger partial charge in [0.15, 0.2) is 5.82 Å². The van der Waals surface area contributed by atoms with E-state index >= 15 is 0 Å². The van der Waals surface area contributed by atoms with Crippen LogP contribution in [0.2, 0.25) is 0 Å². The predicted octanol–water partition coefficient (Wildman–Crippen LogP) is 0.0840. The molecule has 1 N–H and O–H groups in total. The van der Waals surface area contributed by atoms with Crippen molar-refractivity contribution < 1.29 is 9.32 Å². The van der Waals surface area contributed by atoms with E-state index in [0.29, 0.717) is 30.4 Å². The van der Waals surface area contributed by atoms with Crippen molar-refractivity contribution in [1.82, 2.24) is 25.0 Å². The van der Waals surface area contributed by atoms with Crippen molar-refractivity contribution in [1.29, 1.82) is 0 Å². The lowest BCUT2D eigenvalue weighted by atomic mass is 10.4. The standard InChI is InChI=1S/C10H13N5O2/c1-7-13-9(17-14-7)3-4-11-10(16)8-5-15(2)6-12-8/h5-6H,3-4H2,1-2H3,(H,11,16). The van der Waals surface area contributed by atoms with Crippen LogP contribution in [0.15, 0.2) is 17.0 Å². The van der Waals surface area contributed by atoms with Gasteiger partial charge in [-0.3, -0.25) is 4.79 Å². The molecule has 7 nitrogen and oxygen atoms in total. The summed E-state index contributed by atoms with van der Waals surface area (Å²) in [5.74, 6) is 0.904. The second-order valence-corrected chi connectivity index (χ2v) is 3.67. The second kappa shape index (κ2) is 4.77. The molecule has 17 heavy (non-hydrogen) atoms. The van der Waals surface area contributed by atoms with Crippen LogP contribution in [0.4, 0.5) is 0 Å². The molecule has 0 aliphatic heterocycles. The molecular formula is C10H13N5O2. The summed E-state index contributed by atoms with van der Waals surface area (Å²) < 4.78 is 6.64. The first-order chi connectivity index (χ1) is 8.15. The SMILES string of the molecule is Cc1noc(CCNC(=O)c2cn(C)cn2)n1. The van der Waals surface area contributed by atoms with Crippen LogP contribution in [0.3, 0.4) is 0 Å². The minimum Gasteiger partial charge on any atom is -0.350 e. The molecule has 2 heterocycles. The zero-order valence-electron chi connectivity index (χ0n) is 9.67. The summed E-state index contributed by atoms with van der Waals surface area (Å²) in [6.45, 7) is 2.19. The molecule has 0 radical (unpaired) electrons. The Hall–Kier alpha value is -2.18. The van der Waals surface area contributed by atoms with E-state index in [4.69, 9.17) is 4.52 Å². The summed E-state index contributed by atoms with van der Waals surface area (Å²) >= 11 is 0. The largest absolute Gasteiger partial charge is 0.350 e. The number of aromatic nitrogens is 4. The number of amides is 1. The van der Waals surface area contributed by atoms with E-state index in [2.05, 4.69) is 20.4 Å². The van der Waals surface area contributed by atoms with Gasteiger partial charge in [0.05, 0.1) is 6.33 Å². The van der Waals surface area contributed by atoms with Crippen LogP contribution < -0.4 is 5.32 Å². The van der Waals surface area contributed by atoms with Crippen molar-refractivity contribution in [3.63, 3.8) is 0 Å². The number of hydrogen-bond acceptors (Lipinski definition) is 5. The van der Waals surface area contributed by atoms with Gasteiger partial charge in [0.25, 0.3) is 5.91 Å². The average molecular weight is 235 g/mol. The van der Waals surface area contributed by atoms with Crippen molar-refractivity contribution in [2.45, 2.75) is 13.3 Å². The zero-order chi connectivity index (χ0) is 12.3. The number of nitrogens with one attached hydrogen (secondary N) is 1. The molecule has 0 saturated carbocycles. The van der Waals surface area contributed by atoms with E-state index in [1.165, 1.54) is 0 Å². The summed E-state index contributed by atoms with van der Waals surface area (Å²) in [5.41, 5.74) is 0.397. The van der Waals surface area contributed by atoms with Crippen LogP contribution >= 0.6 is 0 Å². The number of rotatable bonds is 4. The zero-order valence-corrected chi connectivity index (χ0v) is 9.67. The number of hydrogen-bond donors (Lipinski definition) is 1. The van der Waals surface area contributed by atoms with E-state index in [1.54, 1.807) is 24.0 Å². The molecule has 0 aliphatic rings. The molecule has 0 spiro atoms. The van der Waals surface area contributed by atoms with Gasteiger partial charge >= 0.3 is 0 Å². The van der Waals surface area contributed by atoms with Crippen LogP contribution in [-0.4, -0.2) is 32.1 Å². The number of carbonyl (C=O) groups excluding carboxylic acids is 1. The quantitative estimate of drug-likeness (QED) is 0.811.